The summed E-state index contributed by atoms with van der Waals surface area (Å²) in [4.78, 5) is 12.9. The minimum absolute atomic E-state index is 0.00375. The molecule has 2 atom stereocenters. The molecule has 1 aromatic heterocycles. The van der Waals surface area contributed by atoms with Crippen molar-refractivity contribution in [3.8, 4) is 5.75 Å². The highest BCUT2D eigenvalue weighted by molar-refractivity contribution is 5.65. The van der Waals surface area contributed by atoms with Gasteiger partial charge in [-0.15, -0.1) is 5.10 Å². The number of amides is 1. The fourth-order valence-electron chi connectivity index (χ4n) is 4.00. The van der Waals surface area contributed by atoms with Crippen molar-refractivity contribution in [3.05, 3.63) is 77.6 Å². The number of carboxylic acid groups (broad SMARTS) is 1. The molecule has 1 saturated heterocycles. The largest absolute Gasteiger partial charge is 0.497 e. The Morgan fingerprint density at radius 2 is 1.91 bits per heavy atom. The minimum atomic E-state index is -0.917. The molecular formula is C24H28N4O4. The second-order valence-corrected chi connectivity index (χ2v) is 7.96. The molecule has 1 fully saturated rings. The Morgan fingerprint density at radius 1 is 1.12 bits per heavy atom. The molecule has 0 saturated carbocycles. The molecule has 2 unspecified atom stereocenters. The van der Waals surface area contributed by atoms with Gasteiger partial charge in [0.15, 0.2) is 0 Å². The predicted molar refractivity (Wildman–Crippen MR) is 119 cm³/mol. The SMILES string of the molecule is COc1ccc(CCn2cc(C3CCN(C(=O)O)CC3OCc3ccccc3)nn2)cc1. The Balaban J connectivity index is 1.41. The summed E-state index contributed by atoms with van der Waals surface area (Å²) in [5, 5.41) is 18.1. The number of methoxy groups -OCH3 is 1. The Hall–Kier alpha value is -3.39. The van der Waals surface area contributed by atoms with Gasteiger partial charge in [0.2, 0.25) is 0 Å². The Kier molecular flexibility index (Phi) is 7.01. The van der Waals surface area contributed by atoms with Gasteiger partial charge in [-0.1, -0.05) is 47.7 Å². The van der Waals surface area contributed by atoms with Crippen LogP contribution in [-0.2, 0) is 24.3 Å². The number of benzene rings is 2. The second-order valence-electron chi connectivity index (χ2n) is 7.96. The highest BCUT2D eigenvalue weighted by Gasteiger charge is 2.34. The number of ether oxygens (including phenoxy) is 2. The Morgan fingerprint density at radius 3 is 2.62 bits per heavy atom. The summed E-state index contributed by atoms with van der Waals surface area (Å²) in [5.74, 6) is 0.843. The molecule has 1 N–H and O–H groups in total. The van der Waals surface area contributed by atoms with Crippen molar-refractivity contribution < 1.29 is 19.4 Å². The van der Waals surface area contributed by atoms with Crippen LogP contribution in [0.1, 0.15) is 29.2 Å². The summed E-state index contributed by atoms with van der Waals surface area (Å²) < 4.78 is 13.2. The molecule has 32 heavy (non-hydrogen) atoms. The third-order valence-corrected chi connectivity index (χ3v) is 5.86. The van der Waals surface area contributed by atoms with Crippen LogP contribution in [-0.4, -0.2) is 57.4 Å². The number of hydrogen-bond acceptors (Lipinski definition) is 5. The van der Waals surface area contributed by atoms with Crippen molar-refractivity contribution in [2.45, 2.75) is 38.0 Å². The maximum absolute atomic E-state index is 11.5. The van der Waals surface area contributed by atoms with Crippen LogP contribution < -0.4 is 4.74 Å². The van der Waals surface area contributed by atoms with Gasteiger partial charge in [0.25, 0.3) is 0 Å². The van der Waals surface area contributed by atoms with E-state index in [0.717, 1.165) is 23.4 Å². The molecule has 1 aliphatic heterocycles. The molecule has 2 heterocycles. The van der Waals surface area contributed by atoms with Crippen molar-refractivity contribution in [2.75, 3.05) is 20.2 Å². The summed E-state index contributed by atoms with van der Waals surface area (Å²) in [6.45, 7) is 1.93. The van der Waals surface area contributed by atoms with E-state index in [4.69, 9.17) is 9.47 Å². The lowest BCUT2D eigenvalue weighted by atomic mass is 9.91. The molecular weight excluding hydrogens is 408 g/mol. The molecule has 1 aliphatic rings. The number of aromatic nitrogens is 3. The molecule has 8 nitrogen and oxygen atoms in total. The molecule has 0 bridgehead atoms. The van der Waals surface area contributed by atoms with Crippen molar-refractivity contribution >= 4 is 6.09 Å². The monoisotopic (exact) mass is 436 g/mol. The summed E-state index contributed by atoms with van der Waals surface area (Å²) in [6, 6.07) is 17.9. The maximum atomic E-state index is 11.5. The van der Waals surface area contributed by atoms with Crippen LogP contribution in [0.15, 0.2) is 60.8 Å². The first-order valence-corrected chi connectivity index (χ1v) is 10.8. The van der Waals surface area contributed by atoms with E-state index >= 15 is 0 Å². The molecule has 168 valence electrons. The number of carbonyl (C=O) groups is 1. The van der Waals surface area contributed by atoms with Gasteiger partial charge in [-0.25, -0.2) is 4.79 Å². The third-order valence-electron chi connectivity index (χ3n) is 5.86. The van der Waals surface area contributed by atoms with Gasteiger partial charge in [-0.3, -0.25) is 4.68 Å². The zero-order valence-corrected chi connectivity index (χ0v) is 18.1. The fraction of sp³-hybridized carbons (Fsp3) is 0.375. The van der Waals surface area contributed by atoms with E-state index in [0.29, 0.717) is 32.7 Å². The van der Waals surface area contributed by atoms with Crippen molar-refractivity contribution in [3.63, 3.8) is 0 Å². The first kappa shape index (κ1) is 21.8. The first-order valence-electron chi connectivity index (χ1n) is 10.8. The lowest BCUT2D eigenvalue weighted by Gasteiger charge is -2.36. The molecule has 0 radical (unpaired) electrons. The van der Waals surface area contributed by atoms with Crippen LogP contribution in [0.4, 0.5) is 4.79 Å². The number of aryl methyl sites for hydroxylation is 2. The molecule has 0 aliphatic carbocycles. The molecule has 1 amide bonds. The van der Waals surface area contributed by atoms with Gasteiger partial charge in [-0.2, -0.15) is 0 Å². The molecule has 4 rings (SSSR count). The van der Waals surface area contributed by atoms with Gasteiger partial charge >= 0.3 is 6.09 Å². The van der Waals surface area contributed by atoms with E-state index in [2.05, 4.69) is 10.3 Å². The number of likely N-dealkylation sites (tertiary alicyclic amines) is 1. The maximum Gasteiger partial charge on any atom is 0.407 e. The third kappa shape index (κ3) is 5.45. The van der Waals surface area contributed by atoms with E-state index in [9.17, 15) is 9.90 Å². The Bertz CT molecular complexity index is 1010. The average molecular weight is 437 g/mol. The summed E-state index contributed by atoms with van der Waals surface area (Å²) in [6.07, 6.45) is 2.26. The highest BCUT2D eigenvalue weighted by Crippen LogP contribution is 2.30. The van der Waals surface area contributed by atoms with Gasteiger partial charge in [-0.05, 0) is 36.1 Å². The summed E-state index contributed by atoms with van der Waals surface area (Å²) in [7, 11) is 1.66. The van der Waals surface area contributed by atoms with Gasteiger partial charge in [0.05, 0.1) is 32.1 Å². The van der Waals surface area contributed by atoms with Crippen molar-refractivity contribution in [2.24, 2.45) is 0 Å². The molecule has 0 spiro atoms. The van der Waals surface area contributed by atoms with Crippen molar-refractivity contribution in [1.82, 2.24) is 19.9 Å². The number of hydrogen-bond donors (Lipinski definition) is 1. The lowest BCUT2D eigenvalue weighted by Crippen LogP contribution is -2.46. The highest BCUT2D eigenvalue weighted by atomic mass is 16.5. The van der Waals surface area contributed by atoms with Crippen LogP contribution >= 0.6 is 0 Å². The van der Waals surface area contributed by atoms with E-state index < -0.39 is 6.09 Å². The first-order chi connectivity index (χ1) is 15.6. The average Bonchev–Trinajstić information content (AvgIpc) is 3.31. The normalized spacial score (nSPS) is 18.5. The number of piperidine rings is 1. The van der Waals surface area contributed by atoms with Gasteiger partial charge in [0, 0.05) is 25.2 Å². The Labute approximate surface area is 187 Å². The van der Waals surface area contributed by atoms with E-state index in [1.54, 1.807) is 7.11 Å². The van der Waals surface area contributed by atoms with E-state index in [1.165, 1.54) is 10.5 Å². The van der Waals surface area contributed by atoms with Gasteiger partial charge < -0.3 is 19.5 Å². The van der Waals surface area contributed by atoms with E-state index in [-0.39, 0.29) is 12.0 Å². The number of rotatable bonds is 8. The zero-order chi connectivity index (χ0) is 22.3. The van der Waals surface area contributed by atoms with Crippen LogP contribution in [0.2, 0.25) is 0 Å². The fourth-order valence-corrected chi connectivity index (χ4v) is 4.00. The van der Waals surface area contributed by atoms with Crippen LogP contribution in [0, 0.1) is 0 Å². The number of nitrogens with zero attached hydrogens (tertiary/aromatic N) is 4. The van der Waals surface area contributed by atoms with Crippen LogP contribution in [0.25, 0.3) is 0 Å². The van der Waals surface area contributed by atoms with Crippen LogP contribution in [0.3, 0.4) is 0 Å². The van der Waals surface area contributed by atoms with Crippen LogP contribution in [0.5, 0.6) is 5.75 Å². The van der Waals surface area contributed by atoms with Crippen molar-refractivity contribution in [1.29, 1.82) is 0 Å². The smallest absolute Gasteiger partial charge is 0.407 e. The second kappa shape index (κ2) is 10.3. The minimum Gasteiger partial charge on any atom is -0.497 e. The quantitative estimate of drug-likeness (QED) is 0.581. The summed E-state index contributed by atoms with van der Waals surface area (Å²) >= 11 is 0. The topological polar surface area (TPSA) is 89.7 Å². The standard InChI is InChI=1S/C24H28N4O4/c1-31-20-9-7-18(8-10-20)11-14-28-15-22(25-26-28)21-12-13-27(24(29)30)16-23(21)32-17-19-5-3-2-4-6-19/h2-10,15,21,23H,11-14,16-17H2,1H3,(H,29,30). The van der Waals surface area contributed by atoms with E-state index in [1.807, 2.05) is 65.5 Å². The molecule has 8 heteroatoms. The lowest BCUT2D eigenvalue weighted by molar-refractivity contribution is -0.0208. The molecule has 3 aromatic rings. The molecule has 2 aromatic carbocycles. The summed E-state index contributed by atoms with van der Waals surface area (Å²) in [5.41, 5.74) is 3.10. The zero-order valence-electron chi connectivity index (χ0n) is 18.1. The predicted octanol–water partition coefficient (Wildman–Crippen LogP) is 3.58. The van der Waals surface area contributed by atoms with Gasteiger partial charge in [0.1, 0.15) is 5.75 Å².